The maximum absolute atomic E-state index is 10.6. The molecule has 2 fully saturated rings. The molecule has 2 rings (SSSR count). The molecular formula is C19H36O12. The van der Waals surface area contributed by atoms with Crippen molar-refractivity contribution >= 4 is 0 Å². The summed E-state index contributed by atoms with van der Waals surface area (Å²) in [6.07, 6.45) is -9.89. The number of ether oxygens (including phenoxy) is 4. The first kappa shape index (κ1) is 26.8. The molecule has 31 heavy (non-hydrogen) atoms. The van der Waals surface area contributed by atoms with Gasteiger partial charge in [-0.25, -0.2) is 0 Å². The van der Waals surface area contributed by atoms with Gasteiger partial charge in [0.1, 0.15) is 36.1 Å². The van der Waals surface area contributed by atoms with Gasteiger partial charge in [-0.1, -0.05) is 6.92 Å². The largest absolute Gasteiger partial charge is 0.393 e. The van der Waals surface area contributed by atoms with Crippen LogP contribution >= 0.6 is 0 Å². The Labute approximate surface area is 180 Å². The molecule has 2 aliphatic rings. The summed E-state index contributed by atoms with van der Waals surface area (Å²) in [6, 6.07) is 0. The number of rotatable bonds is 10. The van der Waals surface area contributed by atoms with Crippen LogP contribution < -0.4 is 0 Å². The van der Waals surface area contributed by atoms with Gasteiger partial charge < -0.3 is 59.8 Å². The Hall–Kier alpha value is -0.480. The van der Waals surface area contributed by atoms with E-state index in [9.17, 15) is 35.7 Å². The lowest BCUT2D eigenvalue weighted by molar-refractivity contribution is -0.311. The lowest BCUT2D eigenvalue weighted by Crippen LogP contribution is -2.60. The summed E-state index contributed by atoms with van der Waals surface area (Å²) >= 11 is 0. The predicted molar refractivity (Wildman–Crippen MR) is 103 cm³/mol. The van der Waals surface area contributed by atoms with Gasteiger partial charge in [-0.05, 0) is 20.3 Å². The van der Waals surface area contributed by atoms with Crippen LogP contribution in [0.3, 0.4) is 0 Å². The highest BCUT2D eigenvalue weighted by atomic mass is 16.7. The van der Waals surface area contributed by atoms with Gasteiger partial charge in [0.15, 0.2) is 12.6 Å². The third-order valence-electron chi connectivity index (χ3n) is 6.19. The Morgan fingerprint density at radius 1 is 1.00 bits per heavy atom. The molecule has 2 aliphatic heterocycles. The van der Waals surface area contributed by atoms with E-state index < -0.39 is 73.1 Å². The Balaban J connectivity index is 1.93. The fraction of sp³-hybridized carbons (Fsp3) is 1.00. The van der Waals surface area contributed by atoms with Gasteiger partial charge in [0.05, 0.1) is 37.6 Å². The van der Waals surface area contributed by atoms with Gasteiger partial charge in [-0.2, -0.15) is 0 Å². The van der Waals surface area contributed by atoms with Gasteiger partial charge in [-0.15, -0.1) is 0 Å². The van der Waals surface area contributed by atoms with Gasteiger partial charge >= 0.3 is 0 Å². The quantitative estimate of drug-likeness (QED) is 0.162. The van der Waals surface area contributed by atoms with Crippen LogP contribution in [0, 0.1) is 0 Å². The molecule has 0 bridgehead atoms. The van der Waals surface area contributed by atoms with Crippen LogP contribution in [0.2, 0.25) is 0 Å². The molecule has 12 nitrogen and oxygen atoms in total. The highest BCUT2D eigenvalue weighted by Crippen LogP contribution is 2.30. The van der Waals surface area contributed by atoms with Gasteiger partial charge in [0.25, 0.3) is 0 Å². The van der Waals surface area contributed by atoms with E-state index in [1.54, 1.807) is 6.92 Å². The van der Waals surface area contributed by atoms with E-state index in [1.165, 1.54) is 13.8 Å². The Morgan fingerprint density at radius 3 is 2.16 bits per heavy atom. The van der Waals surface area contributed by atoms with E-state index in [0.29, 0.717) is 0 Å². The number of aliphatic hydroxyl groups excluding tert-OH is 5. The van der Waals surface area contributed by atoms with Crippen LogP contribution in [0.1, 0.15) is 33.6 Å². The van der Waals surface area contributed by atoms with Gasteiger partial charge in [0, 0.05) is 6.42 Å². The van der Waals surface area contributed by atoms with E-state index in [-0.39, 0.29) is 26.1 Å². The summed E-state index contributed by atoms with van der Waals surface area (Å²) in [5.41, 5.74) is -4.73. The molecule has 9 atom stereocenters. The lowest BCUT2D eigenvalue weighted by atomic mass is 9.81. The van der Waals surface area contributed by atoms with Crippen LogP contribution in [0.5, 0.6) is 0 Å². The Kier molecular flexibility index (Phi) is 8.81. The first-order valence-corrected chi connectivity index (χ1v) is 10.3. The minimum atomic E-state index is -1.88. The highest BCUT2D eigenvalue weighted by molar-refractivity contribution is 4.95. The van der Waals surface area contributed by atoms with Crippen molar-refractivity contribution in [3.05, 3.63) is 0 Å². The van der Waals surface area contributed by atoms with Crippen molar-refractivity contribution in [2.24, 2.45) is 0 Å². The second-order valence-corrected chi connectivity index (χ2v) is 8.80. The fourth-order valence-corrected chi connectivity index (χ4v) is 3.58. The molecule has 0 radical (unpaired) electrons. The average Bonchev–Trinajstić information content (AvgIpc) is 3.00. The van der Waals surface area contributed by atoms with Crippen molar-refractivity contribution in [1.82, 2.24) is 0 Å². The molecule has 0 saturated carbocycles. The zero-order valence-corrected chi connectivity index (χ0v) is 18.0. The zero-order chi connectivity index (χ0) is 23.6. The number of aliphatic hydroxyl groups is 8. The standard InChI is InChI=1S/C19H36O12/c1-4-19(27,17(2,3)25)5-6-28-15-13(23)12(22)11(21)10(31-15)7-29-16-14(24)18(26,8-20)9-30-16/h10-16,20-27H,4-9H2,1-3H3/t10-,11-,12+,13-,14+,15-,16-,18-,19?/m1/s1. The van der Waals surface area contributed by atoms with Crippen LogP contribution in [0.15, 0.2) is 0 Å². The smallest absolute Gasteiger partial charge is 0.186 e. The second-order valence-electron chi connectivity index (χ2n) is 8.80. The topological polar surface area (TPSA) is 199 Å². The first-order chi connectivity index (χ1) is 14.3. The molecule has 2 heterocycles. The normalized spacial score (nSPS) is 41.3. The van der Waals surface area contributed by atoms with Gasteiger partial charge in [-0.3, -0.25) is 0 Å². The van der Waals surface area contributed by atoms with Crippen LogP contribution in [0.4, 0.5) is 0 Å². The second kappa shape index (κ2) is 10.2. The molecule has 2 saturated heterocycles. The molecule has 8 N–H and O–H groups in total. The van der Waals surface area contributed by atoms with Crippen molar-refractivity contribution < 1.29 is 59.8 Å². The summed E-state index contributed by atoms with van der Waals surface area (Å²) < 4.78 is 21.4. The van der Waals surface area contributed by atoms with Crippen LogP contribution in [0.25, 0.3) is 0 Å². The van der Waals surface area contributed by atoms with E-state index in [2.05, 4.69) is 0 Å². The molecule has 0 aromatic carbocycles. The predicted octanol–water partition coefficient (Wildman–Crippen LogP) is -3.43. The molecule has 0 aromatic heterocycles. The van der Waals surface area contributed by atoms with Crippen LogP contribution in [-0.4, -0.2) is 127 Å². The average molecular weight is 456 g/mol. The summed E-state index contributed by atoms with van der Waals surface area (Å²) in [5.74, 6) is 0. The lowest BCUT2D eigenvalue weighted by Gasteiger charge is -2.42. The molecule has 12 heteroatoms. The van der Waals surface area contributed by atoms with E-state index in [0.717, 1.165) is 0 Å². The van der Waals surface area contributed by atoms with Crippen molar-refractivity contribution in [2.45, 2.75) is 93.5 Å². The summed E-state index contributed by atoms with van der Waals surface area (Å²) in [4.78, 5) is 0. The number of hydrogen-bond acceptors (Lipinski definition) is 12. The zero-order valence-electron chi connectivity index (χ0n) is 18.0. The van der Waals surface area contributed by atoms with E-state index >= 15 is 0 Å². The third-order valence-corrected chi connectivity index (χ3v) is 6.19. The van der Waals surface area contributed by atoms with Crippen molar-refractivity contribution in [3.8, 4) is 0 Å². The van der Waals surface area contributed by atoms with E-state index in [1.807, 2.05) is 0 Å². The molecule has 0 aromatic rings. The van der Waals surface area contributed by atoms with Gasteiger partial charge in [0.2, 0.25) is 0 Å². The molecule has 0 amide bonds. The summed E-state index contributed by atoms with van der Waals surface area (Å²) in [6.45, 7) is 3.01. The summed E-state index contributed by atoms with van der Waals surface area (Å²) in [7, 11) is 0. The van der Waals surface area contributed by atoms with Crippen LogP contribution in [-0.2, 0) is 18.9 Å². The molecule has 184 valence electrons. The first-order valence-electron chi connectivity index (χ1n) is 10.3. The third kappa shape index (κ3) is 5.72. The fourth-order valence-electron chi connectivity index (χ4n) is 3.58. The molecule has 0 spiro atoms. The molecule has 0 aliphatic carbocycles. The maximum Gasteiger partial charge on any atom is 0.186 e. The van der Waals surface area contributed by atoms with E-state index in [4.69, 9.17) is 24.1 Å². The SMILES string of the molecule is CCC(O)(CCO[C@@H]1O[C@H](CO[C@@H]2OC[C@](O)(CO)[C@H]2O)[C@@H](O)[C@H](O)[C@H]1O)C(C)(C)O. The number of hydrogen-bond donors (Lipinski definition) is 8. The van der Waals surface area contributed by atoms with Crippen molar-refractivity contribution in [1.29, 1.82) is 0 Å². The summed E-state index contributed by atoms with van der Waals surface area (Å²) in [5, 5.41) is 80.3. The minimum absolute atomic E-state index is 0.0151. The molecular weight excluding hydrogens is 420 g/mol. The monoisotopic (exact) mass is 456 g/mol. The van der Waals surface area contributed by atoms with Crippen molar-refractivity contribution in [3.63, 3.8) is 0 Å². The Morgan fingerprint density at radius 2 is 1.65 bits per heavy atom. The Bertz CT molecular complexity index is 571. The minimum Gasteiger partial charge on any atom is -0.393 e. The molecule has 1 unspecified atom stereocenters. The van der Waals surface area contributed by atoms with Crippen molar-refractivity contribution in [2.75, 3.05) is 26.4 Å². The highest BCUT2D eigenvalue weighted by Gasteiger charge is 2.50. The maximum atomic E-state index is 10.6.